The first-order chi connectivity index (χ1) is 15.9. The molecule has 0 fully saturated rings. The summed E-state index contributed by atoms with van der Waals surface area (Å²) in [7, 11) is 1.63. The van der Waals surface area contributed by atoms with E-state index in [1.54, 1.807) is 31.5 Å². The third-order valence-electron chi connectivity index (χ3n) is 4.91. The van der Waals surface area contributed by atoms with Crippen LogP contribution in [0.3, 0.4) is 0 Å². The Balaban J connectivity index is 1.66. The van der Waals surface area contributed by atoms with E-state index in [1.807, 2.05) is 42.5 Å². The molecule has 0 radical (unpaired) electrons. The summed E-state index contributed by atoms with van der Waals surface area (Å²) in [5.41, 5.74) is 2.68. The maximum Gasteiger partial charge on any atom is 0.326 e. The Hall–Kier alpha value is -3.19. The van der Waals surface area contributed by atoms with Crippen LogP contribution < -0.4 is 5.32 Å². The number of pyridine rings is 1. The molecule has 1 amide bonds. The van der Waals surface area contributed by atoms with Gasteiger partial charge in [-0.15, -0.1) is 0 Å². The quantitative estimate of drug-likeness (QED) is 0.423. The minimum absolute atomic E-state index is 0.0484. The number of carbonyl (C=O) groups is 2. The molecule has 3 rings (SSSR count). The molecule has 0 saturated heterocycles. The molecular weight excluding hydrogens is 463 g/mol. The number of carboxylic acid groups (broad SMARTS) is 1. The van der Waals surface area contributed by atoms with Crippen molar-refractivity contribution in [2.24, 2.45) is 0 Å². The molecule has 2 atom stereocenters. The van der Waals surface area contributed by atoms with Crippen molar-refractivity contribution >= 4 is 41.2 Å². The summed E-state index contributed by atoms with van der Waals surface area (Å²) in [6.45, 7) is 0. The number of hydrogen-bond donors (Lipinski definition) is 2. The summed E-state index contributed by atoms with van der Waals surface area (Å²) >= 11 is 12.1. The fraction of sp³-hybridized carbons (Fsp3) is 0.160. The number of aliphatic carboxylic acids is 1. The summed E-state index contributed by atoms with van der Waals surface area (Å²) in [5.74, 6) is -1.80. The van der Waals surface area contributed by atoms with Gasteiger partial charge < -0.3 is 15.2 Å². The molecule has 3 aromatic rings. The van der Waals surface area contributed by atoms with Crippen molar-refractivity contribution in [2.75, 3.05) is 7.11 Å². The molecule has 33 heavy (non-hydrogen) atoms. The number of carbonyl (C=O) groups excluding carboxylic acids is 1. The lowest BCUT2D eigenvalue weighted by atomic mass is 10.0. The van der Waals surface area contributed by atoms with Crippen LogP contribution in [0.25, 0.3) is 6.08 Å². The van der Waals surface area contributed by atoms with Crippen molar-refractivity contribution in [2.45, 2.75) is 18.6 Å². The van der Waals surface area contributed by atoms with Crippen LogP contribution in [-0.4, -0.2) is 35.1 Å². The first kappa shape index (κ1) is 24.5. The van der Waals surface area contributed by atoms with Crippen molar-refractivity contribution in [1.82, 2.24) is 10.3 Å². The molecule has 0 aliphatic carbocycles. The molecule has 1 aromatic heterocycles. The van der Waals surface area contributed by atoms with Gasteiger partial charge in [0.2, 0.25) is 0 Å². The minimum Gasteiger partial charge on any atom is -0.480 e. The third kappa shape index (κ3) is 6.42. The highest BCUT2D eigenvalue weighted by Gasteiger charge is 2.22. The highest BCUT2D eigenvalue weighted by molar-refractivity contribution is 6.39. The molecule has 8 heteroatoms. The van der Waals surface area contributed by atoms with Gasteiger partial charge in [-0.2, -0.15) is 0 Å². The van der Waals surface area contributed by atoms with Crippen molar-refractivity contribution in [1.29, 1.82) is 0 Å². The van der Waals surface area contributed by atoms with Crippen molar-refractivity contribution in [3.05, 3.63) is 105 Å². The molecule has 6 nitrogen and oxygen atoms in total. The van der Waals surface area contributed by atoms with Crippen LogP contribution in [0.4, 0.5) is 0 Å². The Kier molecular flexibility index (Phi) is 8.60. The second-order valence-electron chi connectivity index (χ2n) is 7.14. The highest BCUT2D eigenvalue weighted by Crippen LogP contribution is 2.25. The van der Waals surface area contributed by atoms with Crippen LogP contribution >= 0.6 is 23.2 Å². The maximum absolute atomic E-state index is 12.5. The number of ether oxygens (including phenoxy) is 1. The van der Waals surface area contributed by atoms with Crippen LogP contribution in [0.2, 0.25) is 10.0 Å². The monoisotopic (exact) mass is 484 g/mol. The number of aromatic nitrogens is 1. The van der Waals surface area contributed by atoms with Crippen LogP contribution in [0.1, 0.15) is 39.7 Å². The van der Waals surface area contributed by atoms with Gasteiger partial charge in [0, 0.05) is 13.3 Å². The molecule has 0 bridgehead atoms. The van der Waals surface area contributed by atoms with Gasteiger partial charge in [0.05, 0.1) is 21.3 Å². The molecule has 0 spiro atoms. The zero-order valence-electron chi connectivity index (χ0n) is 17.7. The van der Waals surface area contributed by atoms with Crippen molar-refractivity contribution in [3.63, 3.8) is 0 Å². The van der Waals surface area contributed by atoms with Crippen molar-refractivity contribution < 1.29 is 19.4 Å². The van der Waals surface area contributed by atoms with Crippen molar-refractivity contribution in [3.8, 4) is 0 Å². The van der Waals surface area contributed by atoms with Crippen LogP contribution in [-0.2, 0) is 9.53 Å². The number of nitrogens with zero attached hydrogens (tertiary/aromatic N) is 1. The first-order valence-corrected chi connectivity index (χ1v) is 10.8. The standard InChI is InChI=1S/C25H22Cl2N2O4/c1-33-23(20-9-2-3-15-28-20)17-13-11-16(12-14-17)6-4-10-21(25(31)32)29-24(30)22-18(26)7-5-8-19(22)27/h2-9,11-15,21,23H,10H2,1H3,(H,29,30)(H,31,32)/b6-4+. The lowest BCUT2D eigenvalue weighted by Gasteiger charge is -2.15. The number of hydrogen-bond acceptors (Lipinski definition) is 4. The molecule has 170 valence electrons. The minimum atomic E-state index is -1.16. The normalized spacial score (nSPS) is 12.9. The van der Waals surface area contributed by atoms with E-state index < -0.39 is 17.9 Å². The van der Waals surface area contributed by atoms with Gasteiger partial charge in [-0.3, -0.25) is 9.78 Å². The fourth-order valence-electron chi connectivity index (χ4n) is 3.25. The van der Waals surface area contributed by atoms with E-state index in [4.69, 9.17) is 27.9 Å². The van der Waals surface area contributed by atoms with Gasteiger partial charge in [-0.25, -0.2) is 4.79 Å². The van der Waals surface area contributed by atoms with E-state index in [1.165, 1.54) is 12.1 Å². The number of amides is 1. The molecule has 1 heterocycles. The molecule has 2 N–H and O–H groups in total. The van der Waals surface area contributed by atoms with Gasteiger partial charge in [-0.05, 0) is 41.8 Å². The molecule has 0 aliphatic rings. The average molecular weight is 485 g/mol. The Morgan fingerprint density at radius 2 is 1.76 bits per heavy atom. The summed E-state index contributed by atoms with van der Waals surface area (Å²) in [6, 6.07) is 16.8. The number of benzene rings is 2. The van der Waals surface area contributed by atoms with Gasteiger partial charge in [0.25, 0.3) is 5.91 Å². The lowest BCUT2D eigenvalue weighted by molar-refractivity contribution is -0.139. The zero-order chi connectivity index (χ0) is 23.8. The summed E-state index contributed by atoms with van der Waals surface area (Å²) < 4.78 is 5.59. The van der Waals surface area contributed by atoms with E-state index in [2.05, 4.69) is 10.3 Å². The number of methoxy groups -OCH3 is 1. The Bertz CT molecular complexity index is 1110. The second-order valence-corrected chi connectivity index (χ2v) is 7.95. The molecule has 0 saturated carbocycles. The zero-order valence-corrected chi connectivity index (χ0v) is 19.3. The SMILES string of the molecule is COC(c1ccc(/C=C/CC(NC(=O)c2c(Cl)cccc2Cl)C(=O)O)cc1)c1ccccn1. The van der Waals surface area contributed by atoms with Gasteiger partial charge in [0.1, 0.15) is 12.1 Å². The summed E-state index contributed by atoms with van der Waals surface area (Å²) in [6.07, 6.45) is 4.99. The topological polar surface area (TPSA) is 88.5 Å². The molecule has 2 unspecified atom stereocenters. The Morgan fingerprint density at radius 3 is 2.33 bits per heavy atom. The van der Waals surface area contributed by atoms with Crippen LogP contribution in [0, 0.1) is 0 Å². The predicted molar refractivity (Wildman–Crippen MR) is 129 cm³/mol. The van der Waals surface area contributed by atoms with E-state index >= 15 is 0 Å². The number of nitrogens with one attached hydrogen (secondary N) is 1. The predicted octanol–water partition coefficient (Wildman–Crippen LogP) is 5.41. The van der Waals surface area contributed by atoms with Gasteiger partial charge in [-0.1, -0.05) is 71.8 Å². The Labute approximate surface area is 201 Å². The van der Waals surface area contributed by atoms with Crippen LogP contribution in [0.5, 0.6) is 0 Å². The number of halogens is 2. The van der Waals surface area contributed by atoms with Gasteiger partial charge >= 0.3 is 5.97 Å². The summed E-state index contributed by atoms with van der Waals surface area (Å²) in [4.78, 5) is 28.5. The second kappa shape index (κ2) is 11.6. The Morgan fingerprint density at radius 1 is 1.06 bits per heavy atom. The maximum atomic E-state index is 12.5. The van der Waals surface area contributed by atoms with Crippen LogP contribution in [0.15, 0.2) is 72.9 Å². The summed E-state index contributed by atoms with van der Waals surface area (Å²) in [5, 5.41) is 12.3. The third-order valence-corrected chi connectivity index (χ3v) is 5.54. The lowest BCUT2D eigenvalue weighted by Crippen LogP contribution is -2.40. The molecular formula is C25H22Cl2N2O4. The fourth-order valence-corrected chi connectivity index (χ4v) is 3.82. The highest BCUT2D eigenvalue weighted by atomic mass is 35.5. The number of carboxylic acids is 1. The number of rotatable bonds is 9. The molecule has 0 aliphatic heterocycles. The molecule has 2 aromatic carbocycles. The largest absolute Gasteiger partial charge is 0.480 e. The van der Waals surface area contributed by atoms with E-state index in [0.29, 0.717) is 0 Å². The first-order valence-electron chi connectivity index (χ1n) is 10.1. The smallest absolute Gasteiger partial charge is 0.326 e. The van der Waals surface area contributed by atoms with E-state index in [0.717, 1.165) is 16.8 Å². The van der Waals surface area contributed by atoms with E-state index in [-0.39, 0.29) is 28.1 Å². The van der Waals surface area contributed by atoms with Gasteiger partial charge in [0.15, 0.2) is 0 Å². The average Bonchev–Trinajstić information content (AvgIpc) is 2.80. The van der Waals surface area contributed by atoms with E-state index in [9.17, 15) is 14.7 Å².